The van der Waals surface area contributed by atoms with E-state index < -0.39 is 0 Å². The van der Waals surface area contributed by atoms with Gasteiger partial charge in [0.25, 0.3) is 0 Å². The van der Waals surface area contributed by atoms with E-state index in [-0.39, 0.29) is 0 Å². The zero-order valence-electron chi connectivity index (χ0n) is 18.1. The second-order valence-corrected chi connectivity index (χ2v) is 8.14. The van der Waals surface area contributed by atoms with Gasteiger partial charge in [-0.1, -0.05) is 70.5 Å². The van der Waals surface area contributed by atoms with E-state index in [0.717, 1.165) is 29.5 Å². The molecule has 0 aromatic heterocycles. The number of allylic oxidation sites excluding steroid dienone is 1. The molecule has 0 saturated heterocycles. The van der Waals surface area contributed by atoms with Crippen LogP contribution >= 0.6 is 15.9 Å². The van der Waals surface area contributed by atoms with Gasteiger partial charge in [0.05, 0.1) is 7.11 Å². The van der Waals surface area contributed by atoms with Crippen LogP contribution in [0, 0.1) is 0 Å². The summed E-state index contributed by atoms with van der Waals surface area (Å²) in [4.78, 5) is 0. The number of halogens is 1. The lowest BCUT2D eigenvalue weighted by Crippen LogP contribution is -2.00. The highest BCUT2D eigenvalue weighted by Crippen LogP contribution is 2.36. The Hall–Kier alpha value is -2.40. The number of ether oxygens (including phenoxy) is 3. The highest BCUT2D eigenvalue weighted by atomic mass is 79.9. The average molecular weight is 481 g/mol. The van der Waals surface area contributed by atoms with Gasteiger partial charge >= 0.3 is 0 Å². The van der Waals surface area contributed by atoms with Crippen molar-refractivity contribution < 1.29 is 14.2 Å². The number of hydrogen-bond acceptors (Lipinski definition) is 3. The molecule has 0 aliphatic heterocycles. The fraction of sp³-hybridized carbons (Fsp3) is 0.259. The molecule has 0 spiro atoms. The van der Waals surface area contributed by atoms with Crippen LogP contribution in [0.3, 0.4) is 0 Å². The first-order valence-electron chi connectivity index (χ1n) is 10.5. The maximum atomic E-state index is 5.48. The summed E-state index contributed by atoms with van der Waals surface area (Å²) in [7, 11) is 3.35. The summed E-state index contributed by atoms with van der Waals surface area (Å²) in [6, 6.07) is 27.5. The Balaban J connectivity index is 2.03. The van der Waals surface area contributed by atoms with Crippen molar-refractivity contribution in [1.29, 1.82) is 0 Å². The van der Waals surface area contributed by atoms with Crippen LogP contribution in [0.4, 0.5) is 0 Å². The monoisotopic (exact) mass is 480 g/mol. The van der Waals surface area contributed by atoms with Gasteiger partial charge in [-0.3, -0.25) is 0 Å². The van der Waals surface area contributed by atoms with Gasteiger partial charge in [0.15, 0.2) is 0 Å². The zero-order valence-corrected chi connectivity index (χ0v) is 19.7. The van der Waals surface area contributed by atoms with E-state index in [2.05, 4.69) is 82.7 Å². The van der Waals surface area contributed by atoms with E-state index in [1.54, 1.807) is 14.2 Å². The van der Waals surface area contributed by atoms with E-state index >= 15 is 0 Å². The molecule has 3 aromatic rings. The molecule has 0 aliphatic carbocycles. The lowest BCUT2D eigenvalue weighted by molar-refractivity contribution is -0.0313. The molecule has 0 amide bonds. The first kappa shape index (κ1) is 23.3. The second kappa shape index (κ2) is 12.5. The summed E-state index contributed by atoms with van der Waals surface area (Å²) in [5.41, 5.74) is 6.21. The summed E-state index contributed by atoms with van der Waals surface area (Å²) in [6.07, 6.45) is 2.95. The SMILES string of the molecule is COCOCCCC/C(=C(\c1ccccc1)c1ccc(Br)cc1)c1ccc(OC)cc1. The topological polar surface area (TPSA) is 27.7 Å². The molecule has 3 aromatic carbocycles. The van der Waals surface area contributed by atoms with Crippen molar-refractivity contribution in [3.63, 3.8) is 0 Å². The van der Waals surface area contributed by atoms with Crippen molar-refractivity contribution in [2.45, 2.75) is 19.3 Å². The Labute approximate surface area is 193 Å². The molecule has 3 rings (SSSR count). The Kier molecular flexibility index (Phi) is 9.35. The molecule has 162 valence electrons. The van der Waals surface area contributed by atoms with Crippen molar-refractivity contribution >= 4 is 27.1 Å². The van der Waals surface area contributed by atoms with Crippen LogP contribution in [0.25, 0.3) is 11.1 Å². The van der Waals surface area contributed by atoms with E-state index in [1.165, 1.54) is 27.8 Å². The third-order valence-corrected chi connectivity index (χ3v) is 5.63. The normalized spacial score (nSPS) is 11.8. The average Bonchev–Trinajstić information content (AvgIpc) is 2.82. The molecule has 0 N–H and O–H groups in total. The second-order valence-electron chi connectivity index (χ2n) is 7.23. The van der Waals surface area contributed by atoms with E-state index in [9.17, 15) is 0 Å². The van der Waals surface area contributed by atoms with Crippen molar-refractivity contribution in [3.8, 4) is 5.75 Å². The molecule has 0 fully saturated rings. The molecule has 0 unspecified atom stereocenters. The first-order chi connectivity index (χ1) is 15.2. The van der Waals surface area contributed by atoms with E-state index in [1.807, 2.05) is 12.1 Å². The molecule has 0 bridgehead atoms. The standard InChI is InChI=1S/C27H29BrO3/c1-29-20-31-19-7-6-10-26(21-13-17-25(30-2)18-14-21)27(22-8-4-3-5-9-22)23-11-15-24(28)16-12-23/h3-5,8-9,11-18H,6-7,10,19-20H2,1-2H3/b27-26-. The van der Waals surface area contributed by atoms with Crippen LogP contribution < -0.4 is 4.74 Å². The molecule has 0 saturated carbocycles. The molecule has 4 heteroatoms. The van der Waals surface area contributed by atoms with Gasteiger partial charge in [-0.05, 0) is 71.4 Å². The molecule has 0 heterocycles. The van der Waals surface area contributed by atoms with Crippen molar-refractivity contribution in [2.24, 2.45) is 0 Å². The summed E-state index contributed by atoms with van der Waals surface area (Å²) < 4.78 is 16.9. The summed E-state index contributed by atoms with van der Waals surface area (Å²) >= 11 is 3.57. The van der Waals surface area contributed by atoms with Crippen LogP contribution in [0.2, 0.25) is 0 Å². The van der Waals surface area contributed by atoms with Crippen LogP contribution in [-0.2, 0) is 9.47 Å². The van der Waals surface area contributed by atoms with Gasteiger partial charge in [0, 0.05) is 18.2 Å². The van der Waals surface area contributed by atoms with Gasteiger partial charge < -0.3 is 14.2 Å². The van der Waals surface area contributed by atoms with Crippen molar-refractivity contribution in [1.82, 2.24) is 0 Å². The fourth-order valence-electron chi connectivity index (χ4n) is 3.59. The van der Waals surface area contributed by atoms with Crippen molar-refractivity contribution in [2.75, 3.05) is 27.6 Å². The summed E-state index contributed by atoms with van der Waals surface area (Å²) in [6.45, 7) is 1.04. The fourth-order valence-corrected chi connectivity index (χ4v) is 3.85. The predicted octanol–water partition coefficient (Wildman–Crippen LogP) is 7.21. The Morgan fingerprint density at radius 3 is 2.03 bits per heavy atom. The minimum absolute atomic E-state index is 0.343. The largest absolute Gasteiger partial charge is 0.497 e. The first-order valence-corrected chi connectivity index (χ1v) is 11.3. The number of methoxy groups -OCH3 is 2. The minimum atomic E-state index is 0.343. The lowest BCUT2D eigenvalue weighted by atomic mass is 9.87. The maximum absolute atomic E-state index is 5.48. The highest BCUT2D eigenvalue weighted by Gasteiger charge is 2.14. The van der Waals surface area contributed by atoms with Gasteiger partial charge in [0.2, 0.25) is 0 Å². The molecule has 0 radical (unpaired) electrons. The summed E-state index contributed by atoms with van der Waals surface area (Å²) in [5, 5.41) is 0. The van der Waals surface area contributed by atoms with Crippen LogP contribution in [-0.4, -0.2) is 27.6 Å². The van der Waals surface area contributed by atoms with Gasteiger partial charge in [-0.25, -0.2) is 0 Å². The van der Waals surface area contributed by atoms with Crippen LogP contribution in [0.15, 0.2) is 83.3 Å². The van der Waals surface area contributed by atoms with Gasteiger partial charge in [-0.15, -0.1) is 0 Å². The Bertz CT molecular complexity index is 948. The molecular weight excluding hydrogens is 452 g/mol. The Morgan fingerprint density at radius 2 is 1.39 bits per heavy atom. The van der Waals surface area contributed by atoms with E-state index in [4.69, 9.17) is 14.2 Å². The third-order valence-electron chi connectivity index (χ3n) is 5.10. The number of benzene rings is 3. The van der Waals surface area contributed by atoms with Gasteiger partial charge in [0.1, 0.15) is 12.5 Å². The summed E-state index contributed by atoms with van der Waals surface area (Å²) in [5.74, 6) is 0.862. The zero-order chi connectivity index (χ0) is 21.9. The lowest BCUT2D eigenvalue weighted by Gasteiger charge is -2.18. The Morgan fingerprint density at radius 1 is 0.742 bits per heavy atom. The smallest absolute Gasteiger partial charge is 0.146 e. The van der Waals surface area contributed by atoms with Crippen LogP contribution in [0.5, 0.6) is 5.75 Å². The molecular formula is C27H29BrO3. The van der Waals surface area contributed by atoms with Crippen LogP contribution in [0.1, 0.15) is 36.0 Å². The molecule has 0 aliphatic rings. The predicted molar refractivity (Wildman–Crippen MR) is 131 cm³/mol. The third kappa shape index (κ3) is 6.79. The molecule has 3 nitrogen and oxygen atoms in total. The number of rotatable bonds is 11. The minimum Gasteiger partial charge on any atom is -0.497 e. The van der Waals surface area contributed by atoms with Crippen molar-refractivity contribution in [3.05, 3.63) is 100 Å². The van der Waals surface area contributed by atoms with Gasteiger partial charge in [-0.2, -0.15) is 0 Å². The highest BCUT2D eigenvalue weighted by molar-refractivity contribution is 9.10. The molecule has 31 heavy (non-hydrogen) atoms. The number of unbranched alkanes of at least 4 members (excludes halogenated alkanes) is 1. The molecule has 0 atom stereocenters. The maximum Gasteiger partial charge on any atom is 0.146 e. The quantitative estimate of drug-likeness (QED) is 0.165. The van der Waals surface area contributed by atoms with E-state index in [0.29, 0.717) is 13.4 Å². The number of hydrogen-bond donors (Lipinski definition) is 0.